The summed E-state index contributed by atoms with van der Waals surface area (Å²) in [5, 5.41) is 8.02. The molecule has 1 aromatic heterocycles. The van der Waals surface area contributed by atoms with Gasteiger partial charge in [0.1, 0.15) is 5.69 Å². The molecule has 0 aliphatic carbocycles. The zero-order chi connectivity index (χ0) is 11.8. The van der Waals surface area contributed by atoms with Crippen molar-refractivity contribution in [1.82, 2.24) is 4.98 Å². The van der Waals surface area contributed by atoms with Crippen molar-refractivity contribution in [2.24, 2.45) is 0 Å². The quantitative estimate of drug-likeness (QED) is 0.883. The van der Waals surface area contributed by atoms with Gasteiger partial charge in [-0.15, -0.1) is 0 Å². The number of pyridine rings is 1. The molecular weight excluding hydrogens is 251 g/mol. The van der Waals surface area contributed by atoms with Gasteiger partial charge in [-0.05, 0) is 6.07 Å². The second-order valence-electron chi connectivity index (χ2n) is 2.85. The Hall–Kier alpha value is -0.940. The Kier molecular flexibility index (Phi) is 3.16. The van der Waals surface area contributed by atoms with Crippen molar-refractivity contribution in [2.45, 2.75) is 12.8 Å². The highest BCUT2D eigenvalue weighted by Crippen LogP contribution is 2.32. The van der Waals surface area contributed by atoms with Gasteiger partial charge < -0.3 is 5.11 Å². The highest BCUT2D eigenvalue weighted by atomic mass is 35.5. The summed E-state index contributed by atoms with van der Waals surface area (Å²) in [5.74, 6) is -4.77. The summed E-state index contributed by atoms with van der Waals surface area (Å²) in [6.45, 7) is 0.588. The Morgan fingerprint density at radius 2 is 2.07 bits per heavy atom. The molecule has 1 heterocycles. The predicted molar refractivity (Wildman–Crippen MR) is 50.8 cm³/mol. The van der Waals surface area contributed by atoms with Gasteiger partial charge in [0.25, 0.3) is 5.92 Å². The third-order valence-electron chi connectivity index (χ3n) is 1.57. The Morgan fingerprint density at radius 3 is 2.47 bits per heavy atom. The number of nitrogens with zero attached hydrogens (tertiary/aromatic N) is 1. The molecule has 0 amide bonds. The summed E-state index contributed by atoms with van der Waals surface area (Å²) in [6, 6.07) is 0.844. The molecule has 1 N–H and O–H groups in total. The van der Waals surface area contributed by atoms with E-state index in [1.54, 1.807) is 0 Å². The molecule has 0 atom stereocenters. The third-order valence-corrected chi connectivity index (χ3v) is 2.34. The first-order valence-corrected chi connectivity index (χ1v) is 4.46. The van der Waals surface area contributed by atoms with Gasteiger partial charge >= 0.3 is 5.97 Å². The lowest BCUT2D eigenvalue weighted by atomic mass is 10.2. The van der Waals surface area contributed by atoms with Gasteiger partial charge in [-0.25, -0.2) is 9.78 Å². The fraction of sp³-hybridized carbons (Fsp3) is 0.250. The number of alkyl halides is 2. The number of carboxylic acids is 1. The van der Waals surface area contributed by atoms with Gasteiger partial charge in [-0.3, -0.25) is 0 Å². The fourth-order valence-corrected chi connectivity index (χ4v) is 1.24. The molecule has 1 aromatic rings. The van der Waals surface area contributed by atoms with Crippen LogP contribution in [-0.4, -0.2) is 16.1 Å². The smallest absolute Gasteiger partial charge is 0.356 e. The molecule has 7 heteroatoms. The van der Waals surface area contributed by atoms with Gasteiger partial charge in [0, 0.05) is 6.92 Å². The second kappa shape index (κ2) is 3.90. The Bertz CT molecular complexity index is 418. The van der Waals surface area contributed by atoms with Gasteiger partial charge in [0.05, 0.1) is 10.0 Å². The maximum atomic E-state index is 12.9. The van der Waals surface area contributed by atoms with E-state index < -0.39 is 23.3 Å². The number of rotatable bonds is 2. The van der Waals surface area contributed by atoms with Crippen LogP contribution in [0.1, 0.15) is 23.1 Å². The molecule has 0 saturated heterocycles. The van der Waals surface area contributed by atoms with Crippen molar-refractivity contribution >= 4 is 29.2 Å². The third kappa shape index (κ3) is 2.54. The van der Waals surface area contributed by atoms with E-state index in [4.69, 9.17) is 28.3 Å². The Balaban J connectivity index is 3.43. The molecule has 15 heavy (non-hydrogen) atoms. The zero-order valence-electron chi connectivity index (χ0n) is 7.39. The average Bonchev–Trinajstić information content (AvgIpc) is 2.06. The van der Waals surface area contributed by atoms with Crippen LogP contribution in [0.15, 0.2) is 6.07 Å². The number of hydrogen-bond donors (Lipinski definition) is 1. The van der Waals surface area contributed by atoms with E-state index in [1.165, 1.54) is 0 Å². The summed E-state index contributed by atoms with van der Waals surface area (Å²) in [7, 11) is 0. The van der Waals surface area contributed by atoms with Gasteiger partial charge in [-0.1, -0.05) is 23.2 Å². The molecule has 0 aromatic carbocycles. The van der Waals surface area contributed by atoms with Gasteiger partial charge in [0.15, 0.2) is 5.69 Å². The van der Waals surface area contributed by atoms with Crippen molar-refractivity contribution in [3.8, 4) is 0 Å². The van der Waals surface area contributed by atoms with Crippen LogP contribution in [0.25, 0.3) is 0 Å². The van der Waals surface area contributed by atoms with Crippen LogP contribution in [0, 0.1) is 0 Å². The van der Waals surface area contributed by atoms with Gasteiger partial charge in [-0.2, -0.15) is 8.78 Å². The number of aromatic carboxylic acids is 1. The lowest BCUT2D eigenvalue weighted by Crippen LogP contribution is -2.13. The first-order valence-electron chi connectivity index (χ1n) is 3.71. The topological polar surface area (TPSA) is 50.2 Å². The monoisotopic (exact) mass is 255 g/mol. The minimum atomic E-state index is -3.27. The summed E-state index contributed by atoms with van der Waals surface area (Å²) in [4.78, 5) is 13.8. The second-order valence-corrected chi connectivity index (χ2v) is 3.63. The Morgan fingerprint density at radius 1 is 1.53 bits per heavy atom. The molecular formula is C8H5Cl2F2NO2. The molecule has 3 nitrogen and oxygen atoms in total. The highest BCUT2D eigenvalue weighted by Gasteiger charge is 2.29. The number of aromatic nitrogens is 1. The maximum absolute atomic E-state index is 12.9. The normalized spacial score (nSPS) is 11.5. The van der Waals surface area contributed by atoms with Gasteiger partial charge in [0.2, 0.25) is 0 Å². The molecule has 82 valence electrons. The lowest BCUT2D eigenvalue weighted by molar-refractivity contribution is 0.0125. The van der Waals surface area contributed by atoms with E-state index in [1.807, 2.05) is 0 Å². The van der Waals surface area contributed by atoms with Crippen LogP contribution in [0.3, 0.4) is 0 Å². The van der Waals surface area contributed by atoms with E-state index in [9.17, 15) is 13.6 Å². The molecule has 0 spiro atoms. The van der Waals surface area contributed by atoms with Crippen molar-refractivity contribution in [2.75, 3.05) is 0 Å². The number of carboxylic acid groups (broad SMARTS) is 1. The fourth-order valence-electron chi connectivity index (χ4n) is 0.865. The van der Waals surface area contributed by atoms with Crippen molar-refractivity contribution < 1.29 is 18.7 Å². The van der Waals surface area contributed by atoms with Crippen molar-refractivity contribution in [1.29, 1.82) is 0 Å². The van der Waals surface area contributed by atoms with E-state index in [2.05, 4.69) is 4.98 Å². The molecule has 0 aliphatic heterocycles. The summed E-state index contributed by atoms with van der Waals surface area (Å²) in [5.41, 5.74) is -1.41. The van der Waals surface area contributed by atoms with E-state index >= 15 is 0 Å². The molecule has 0 bridgehead atoms. The molecule has 1 rings (SSSR count). The highest BCUT2D eigenvalue weighted by molar-refractivity contribution is 6.43. The lowest BCUT2D eigenvalue weighted by Gasteiger charge is -2.11. The van der Waals surface area contributed by atoms with Crippen molar-refractivity contribution in [3.63, 3.8) is 0 Å². The molecule has 0 fully saturated rings. The van der Waals surface area contributed by atoms with Crippen LogP contribution in [0.2, 0.25) is 10.0 Å². The van der Waals surface area contributed by atoms with Crippen LogP contribution in [0.4, 0.5) is 8.78 Å². The zero-order valence-corrected chi connectivity index (χ0v) is 8.90. The first-order chi connectivity index (χ1) is 6.73. The van der Waals surface area contributed by atoms with Crippen LogP contribution < -0.4 is 0 Å². The first kappa shape index (κ1) is 12.1. The minimum absolute atomic E-state index is 0.263. The van der Waals surface area contributed by atoms with E-state index in [0.29, 0.717) is 6.92 Å². The largest absolute Gasteiger partial charge is 0.476 e. The summed E-state index contributed by atoms with van der Waals surface area (Å²) < 4.78 is 25.7. The number of halogens is 4. The maximum Gasteiger partial charge on any atom is 0.356 e. The van der Waals surface area contributed by atoms with E-state index in [-0.39, 0.29) is 10.0 Å². The van der Waals surface area contributed by atoms with Crippen LogP contribution >= 0.6 is 23.2 Å². The predicted octanol–water partition coefficient (Wildman–Crippen LogP) is 3.20. The molecule has 0 unspecified atom stereocenters. The summed E-state index contributed by atoms with van der Waals surface area (Å²) >= 11 is 11.0. The standard InChI is InChI=1S/C8H5Cl2F2NO2/c1-8(11,12)4-2-3(9)5(10)6(13-4)7(14)15/h2H,1H3,(H,14,15). The molecule has 0 radical (unpaired) electrons. The average molecular weight is 256 g/mol. The van der Waals surface area contributed by atoms with Crippen LogP contribution in [-0.2, 0) is 5.92 Å². The van der Waals surface area contributed by atoms with Crippen molar-refractivity contribution in [3.05, 3.63) is 27.5 Å². The SMILES string of the molecule is CC(F)(F)c1cc(Cl)c(Cl)c(C(=O)O)n1. The Labute approximate surface area is 93.6 Å². The summed E-state index contributed by atoms with van der Waals surface area (Å²) in [6.07, 6.45) is 0. The molecule has 0 saturated carbocycles. The van der Waals surface area contributed by atoms with E-state index in [0.717, 1.165) is 6.07 Å². The number of carbonyl (C=O) groups is 1. The van der Waals surface area contributed by atoms with Crippen LogP contribution in [0.5, 0.6) is 0 Å². The number of hydrogen-bond acceptors (Lipinski definition) is 2. The minimum Gasteiger partial charge on any atom is -0.476 e. The molecule has 0 aliphatic rings.